The van der Waals surface area contributed by atoms with Crippen LogP contribution >= 0.6 is 0 Å². The normalized spacial score (nSPS) is 16.4. The molecule has 0 bridgehead atoms. The third-order valence-corrected chi connectivity index (χ3v) is 5.55. The SMILES string of the molecule is COc1cccc(Cc2cc(C)nc(C3CN(CC(=O)Nc4ccc(F)cc4)CCO3)c2)c1. The van der Waals surface area contributed by atoms with E-state index in [0.717, 1.165) is 34.7 Å². The lowest BCUT2D eigenvalue weighted by Crippen LogP contribution is -2.42. The molecule has 1 aliphatic rings. The van der Waals surface area contributed by atoms with Crippen LogP contribution in [0.5, 0.6) is 5.75 Å². The first-order valence-corrected chi connectivity index (χ1v) is 11.0. The third-order valence-electron chi connectivity index (χ3n) is 5.55. The highest BCUT2D eigenvalue weighted by Gasteiger charge is 2.25. The molecular formula is C26H28FN3O3. The van der Waals surface area contributed by atoms with E-state index in [1.54, 1.807) is 19.2 Å². The summed E-state index contributed by atoms with van der Waals surface area (Å²) in [5.74, 6) is 0.363. The van der Waals surface area contributed by atoms with Crippen LogP contribution in [0, 0.1) is 12.7 Å². The summed E-state index contributed by atoms with van der Waals surface area (Å²) in [6.45, 7) is 3.98. The number of nitrogens with one attached hydrogen (secondary N) is 1. The Morgan fingerprint density at radius 1 is 1.18 bits per heavy atom. The summed E-state index contributed by atoms with van der Waals surface area (Å²) in [6, 6.07) is 18.0. The van der Waals surface area contributed by atoms with Crippen molar-refractivity contribution < 1.29 is 18.7 Å². The molecule has 1 saturated heterocycles. The Morgan fingerprint density at radius 2 is 2.00 bits per heavy atom. The van der Waals surface area contributed by atoms with Crippen molar-refractivity contribution in [1.29, 1.82) is 0 Å². The average molecular weight is 450 g/mol. The molecule has 1 atom stereocenters. The number of benzene rings is 2. The summed E-state index contributed by atoms with van der Waals surface area (Å²) in [6.07, 6.45) is 0.561. The largest absolute Gasteiger partial charge is 0.497 e. The molecule has 1 N–H and O–H groups in total. The molecule has 4 rings (SSSR count). The van der Waals surface area contributed by atoms with Crippen LogP contribution in [0.25, 0.3) is 0 Å². The van der Waals surface area contributed by atoms with Gasteiger partial charge in [-0.3, -0.25) is 14.7 Å². The third kappa shape index (κ3) is 6.37. The van der Waals surface area contributed by atoms with E-state index in [1.807, 2.05) is 25.1 Å². The van der Waals surface area contributed by atoms with Crippen LogP contribution < -0.4 is 10.1 Å². The second kappa shape index (κ2) is 10.6. The summed E-state index contributed by atoms with van der Waals surface area (Å²) in [5.41, 5.74) is 4.69. The molecule has 0 radical (unpaired) electrons. The van der Waals surface area contributed by atoms with Gasteiger partial charge >= 0.3 is 0 Å². The zero-order valence-electron chi connectivity index (χ0n) is 18.9. The molecule has 1 amide bonds. The first kappa shape index (κ1) is 22.9. The second-order valence-electron chi connectivity index (χ2n) is 8.22. The minimum Gasteiger partial charge on any atom is -0.497 e. The van der Waals surface area contributed by atoms with Gasteiger partial charge in [-0.05, 0) is 73.0 Å². The van der Waals surface area contributed by atoms with Crippen LogP contribution in [0.4, 0.5) is 10.1 Å². The van der Waals surface area contributed by atoms with Gasteiger partial charge in [-0.1, -0.05) is 12.1 Å². The van der Waals surface area contributed by atoms with E-state index < -0.39 is 0 Å². The fraction of sp³-hybridized carbons (Fsp3) is 0.308. The number of rotatable bonds is 7. The van der Waals surface area contributed by atoms with Crippen molar-refractivity contribution in [3.63, 3.8) is 0 Å². The van der Waals surface area contributed by atoms with E-state index >= 15 is 0 Å². The number of hydrogen-bond donors (Lipinski definition) is 1. The molecule has 0 spiro atoms. The van der Waals surface area contributed by atoms with Gasteiger partial charge in [-0.2, -0.15) is 0 Å². The van der Waals surface area contributed by atoms with Gasteiger partial charge in [0.2, 0.25) is 5.91 Å². The lowest BCUT2D eigenvalue weighted by Gasteiger charge is -2.32. The quantitative estimate of drug-likeness (QED) is 0.587. The molecule has 1 aliphatic heterocycles. The van der Waals surface area contributed by atoms with Gasteiger partial charge in [0, 0.05) is 24.5 Å². The summed E-state index contributed by atoms with van der Waals surface area (Å²) in [7, 11) is 1.67. The highest BCUT2D eigenvalue weighted by atomic mass is 19.1. The van der Waals surface area contributed by atoms with Gasteiger partial charge < -0.3 is 14.8 Å². The highest BCUT2D eigenvalue weighted by Crippen LogP contribution is 2.24. The molecule has 2 aromatic carbocycles. The van der Waals surface area contributed by atoms with E-state index in [2.05, 4.69) is 28.4 Å². The van der Waals surface area contributed by atoms with Crippen LogP contribution in [0.1, 0.15) is 28.6 Å². The van der Waals surface area contributed by atoms with Crippen LogP contribution in [-0.4, -0.2) is 49.1 Å². The number of carbonyl (C=O) groups excluding carboxylic acids is 1. The summed E-state index contributed by atoms with van der Waals surface area (Å²) in [4.78, 5) is 19.2. The first-order chi connectivity index (χ1) is 16.0. The monoisotopic (exact) mass is 449 g/mol. The van der Waals surface area contributed by atoms with Crippen LogP contribution in [0.2, 0.25) is 0 Å². The fourth-order valence-electron chi connectivity index (χ4n) is 4.02. The highest BCUT2D eigenvalue weighted by molar-refractivity contribution is 5.92. The smallest absolute Gasteiger partial charge is 0.238 e. The second-order valence-corrected chi connectivity index (χ2v) is 8.22. The maximum absolute atomic E-state index is 13.1. The number of amides is 1. The first-order valence-electron chi connectivity index (χ1n) is 11.0. The summed E-state index contributed by atoms with van der Waals surface area (Å²) in [5, 5.41) is 2.81. The minimum atomic E-state index is -0.333. The molecule has 2 heterocycles. The molecule has 0 saturated carbocycles. The molecule has 6 nitrogen and oxygen atoms in total. The van der Waals surface area contributed by atoms with E-state index in [0.29, 0.717) is 25.4 Å². The van der Waals surface area contributed by atoms with Crippen molar-refractivity contribution in [2.45, 2.75) is 19.4 Å². The van der Waals surface area contributed by atoms with Gasteiger partial charge in [0.1, 0.15) is 17.7 Å². The van der Waals surface area contributed by atoms with Crippen LogP contribution in [-0.2, 0) is 16.0 Å². The average Bonchev–Trinajstić information content (AvgIpc) is 2.80. The Labute approximate surface area is 193 Å². The molecule has 0 aliphatic carbocycles. The Hall–Kier alpha value is -3.29. The fourth-order valence-corrected chi connectivity index (χ4v) is 4.02. The summed E-state index contributed by atoms with van der Waals surface area (Å²) < 4.78 is 24.4. The zero-order chi connectivity index (χ0) is 23.2. The molecule has 172 valence electrons. The standard InChI is InChI=1S/C26H28FN3O3/c1-18-12-20(13-19-4-3-5-23(14-19)32-2)15-24(28-18)25-16-30(10-11-33-25)17-26(31)29-22-8-6-21(27)7-9-22/h3-9,12,14-15,25H,10-11,13,16-17H2,1-2H3,(H,29,31). The van der Waals surface area contributed by atoms with Crippen LogP contribution in [0.15, 0.2) is 60.7 Å². The Bertz CT molecular complexity index is 1100. The van der Waals surface area contributed by atoms with Gasteiger partial charge in [-0.25, -0.2) is 4.39 Å². The van der Waals surface area contributed by atoms with E-state index in [-0.39, 0.29) is 24.4 Å². The van der Waals surface area contributed by atoms with Crippen molar-refractivity contribution >= 4 is 11.6 Å². The molecule has 7 heteroatoms. The molecule has 1 unspecified atom stereocenters. The Kier molecular flexibility index (Phi) is 7.32. The number of anilines is 1. The van der Waals surface area contributed by atoms with Crippen molar-refractivity contribution in [2.75, 3.05) is 38.7 Å². The van der Waals surface area contributed by atoms with Crippen LogP contribution in [0.3, 0.4) is 0 Å². The number of aromatic nitrogens is 1. The van der Waals surface area contributed by atoms with Crippen molar-refractivity contribution in [1.82, 2.24) is 9.88 Å². The molecule has 1 fully saturated rings. The Morgan fingerprint density at radius 3 is 2.79 bits per heavy atom. The number of methoxy groups -OCH3 is 1. The molecule has 1 aromatic heterocycles. The van der Waals surface area contributed by atoms with Gasteiger partial charge in [0.05, 0.1) is 26.0 Å². The number of carbonyl (C=O) groups is 1. The number of aryl methyl sites for hydroxylation is 1. The summed E-state index contributed by atoms with van der Waals surface area (Å²) >= 11 is 0. The number of ether oxygens (including phenoxy) is 2. The Balaban J connectivity index is 1.40. The van der Waals surface area contributed by atoms with Crippen molar-refractivity contribution in [2.24, 2.45) is 0 Å². The maximum Gasteiger partial charge on any atom is 0.238 e. The van der Waals surface area contributed by atoms with Gasteiger partial charge in [0.15, 0.2) is 0 Å². The predicted octanol–water partition coefficient (Wildman–Crippen LogP) is 4.14. The number of hydrogen-bond acceptors (Lipinski definition) is 5. The van der Waals surface area contributed by atoms with E-state index in [1.165, 1.54) is 12.1 Å². The van der Waals surface area contributed by atoms with Gasteiger partial charge in [-0.15, -0.1) is 0 Å². The number of halogens is 1. The van der Waals surface area contributed by atoms with Gasteiger partial charge in [0.25, 0.3) is 0 Å². The molecular weight excluding hydrogens is 421 g/mol. The van der Waals surface area contributed by atoms with E-state index in [9.17, 15) is 9.18 Å². The zero-order valence-corrected chi connectivity index (χ0v) is 18.9. The maximum atomic E-state index is 13.1. The predicted molar refractivity (Wildman–Crippen MR) is 125 cm³/mol. The lowest BCUT2D eigenvalue weighted by atomic mass is 10.0. The minimum absolute atomic E-state index is 0.141. The number of nitrogens with zero attached hydrogens (tertiary/aromatic N) is 2. The number of pyridine rings is 1. The number of morpholine rings is 1. The van der Waals surface area contributed by atoms with Crippen molar-refractivity contribution in [3.8, 4) is 5.75 Å². The van der Waals surface area contributed by atoms with E-state index in [4.69, 9.17) is 14.5 Å². The molecule has 3 aromatic rings. The molecule has 33 heavy (non-hydrogen) atoms. The topological polar surface area (TPSA) is 63.7 Å². The lowest BCUT2D eigenvalue weighted by molar-refractivity contribution is -0.119. The van der Waals surface area contributed by atoms with Crippen molar-refractivity contribution in [3.05, 3.63) is 89.0 Å².